The summed E-state index contributed by atoms with van der Waals surface area (Å²) in [5.74, 6) is 0.176. The number of hydrogen-bond donors (Lipinski definition) is 2. The number of carbonyl (C=O) groups is 1. The summed E-state index contributed by atoms with van der Waals surface area (Å²) in [7, 11) is 1.99. The fourth-order valence-electron chi connectivity index (χ4n) is 3.14. The number of urea groups is 1. The predicted octanol–water partition coefficient (Wildman–Crippen LogP) is 1.40. The summed E-state index contributed by atoms with van der Waals surface area (Å²) in [6, 6.07) is 4.25. The van der Waals surface area contributed by atoms with Crippen LogP contribution in [0.25, 0.3) is 11.5 Å². The SMILES string of the molecule is CN1CCNCC1c1noc(-c2cc(N3CCNC3=O)ccc2F)n1.Cl. The predicted molar refractivity (Wildman–Crippen MR) is 95.9 cm³/mol. The number of carbonyl (C=O) groups excluding carboxylic acids is 1. The van der Waals surface area contributed by atoms with Gasteiger partial charge in [0.2, 0.25) is 0 Å². The molecule has 2 aliphatic rings. The fraction of sp³-hybridized carbons (Fsp3) is 0.438. The molecule has 2 N–H and O–H groups in total. The van der Waals surface area contributed by atoms with Crippen LogP contribution in [0.5, 0.6) is 0 Å². The molecular formula is C16H20ClFN6O2. The molecule has 0 saturated carbocycles. The van der Waals surface area contributed by atoms with Crippen LogP contribution in [-0.4, -0.2) is 60.8 Å². The molecule has 1 aromatic heterocycles. The van der Waals surface area contributed by atoms with Crippen molar-refractivity contribution in [3.63, 3.8) is 0 Å². The maximum Gasteiger partial charge on any atom is 0.321 e. The summed E-state index contributed by atoms with van der Waals surface area (Å²) in [6.07, 6.45) is 0. The van der Waals surface area contributed by atoms with Gasteiger partial charge in [0.25, 0.3) is 5.89 Å². The van der Waals surface area contributed by atoms with Gasteiger partial charge in [0.1, 0.15) is 5.82 Å². The van der Waals surface area contributed by atoms with Gasteiger partial charge in [-0.1, -0.05) is 5.16 Å². The number of amides is 2. The molecule has 2 fully saturated rings. The van der Waals surface area contributed by atoms with Crippen molar-refractivity contribution in [1.29, 1.82) is 0 Å². The molecule has 1 unspecified atom stereocenters. The third-order valence-electron chi connectivity index (χ3n) is 4.60. The highest BCUT2D eigenvalue weighted by molar-refractivity contribution is 5.94. The van der Waals surface area contributed by atoms with E-state index in [4.69, 9.17) is 4.52 Å². The second-order valence-corrected chi connectivity index (χ2v) is 6.21. The zero-order valence-electron chi connectivity index (χ0n) is 14.2. The third-order valence-corrected chi connectivity index (χ3v) is 4.60. The first-order valence-corrected chi connectivity index (χ1v) is 8.23. The van der Waals surface area contributed by atoms with Gasteiger partial charge < -0.3 is 15.2 Å². The molecule has 0 bridgehead atoms. The average Bonchev–Trinajstić information content (AvgIpc) is 3.25. The minimum absolute atomic E-state index is 0. The molecular weight excluding hydrogens is 363 g/mol. The summed E-state index contributed by atoms with van der Waals surface area (Å²) in [4.78, 5) is 19.9. The number of halogens is 2. The third kappa shape index (κ3) is 3.37. The molecule has 26 heavy (non-hydrogen) atoms. The van der Waals surface area contributed by atoms with Crippen LogP contribution in [-0.2, 0) is 0 Å². The molecule has 2 aromatic rings. The van der Waals surface area contributed by atoms with Crippen LogP contribution in [0.2, 0.25) is 0 Å². The normalized spacial score (nSPS) is 20.8. The van der Waals surface area contributed by atoms with E-state index in [1.54, 1.807) is 17.0 Å². The number of nitrogens with one attached hydrogen (secondary N) is 2. The number of hydrogen-bond acceptors (Lipinski definition) is 6. The molecule has 140 valence electrons. The molecule has 8 nitrogen and oxygen atoms in total. The van der Waals surface area contributed by atoms with Crippen molar-refractivity contribution in [1.82, 2.24) is 25.7 Å². The highest BCUT2D eigenvalue weighted by atomic mass is 35.5. The molecule has 1 atom stereocenters. The van der Waals surface area contributed by atoms with Crippen LogP contribution in [0.1, 0.15) is 11.9 Å². The number of nitrogens with zero attached hydrogens (tertiary/aromatic N) is 4. The summed E-state index contributed by atoms with van der Waals surface area (Å²) in [5.41, 5.74) is 0.796. The minimum Gasteiger partial charge on any atom is -0.336 e. The van der Waals surface area contributed by atoms with Gasteiger partial charge in [-0.15, -0.1) is 12.4 Å². The van der Waals surface area contributed by atoms with Gasteiger partial charge in [0, 0.05) is 38.4 Å². The van der Waals surface area contributed by atoms with E-state index in [-0.39, 0.29) is 35.9 Å². The molecule has 4 rings (SSSR count). The largest absolute Gasteiger partial charge is 0.336 e. The molecule has 1 aromatic carbocycles. The van der Waals surface area contributed by atoms with E-state index in [1.165, 1.54) is 6.07 Å². The smallest absolute Gasteiger partial charge is 0.321 e. The van der Waals surface area contributed by atoms with Gasteiger partial charge in [-0.05, 0) is 25.2 Å². The zero-order valence-corrected chi connectivity index (χ0v) is 15.1. The summed E-state index contributed by atoms with van der Waals surface area (Å²) in [5, 5.41) is 10.0. The van der Waals surface area contributed by atoms with Crippen molar-refractivity contribution in [2.24, 2.45) is 0 Å². The van der Waals surface area contributed by atoms with Crippen molar-refractivity contribution in [3.8, 4) is 11.5 Å². The number of rotatable bonds is 3. The van der Waals surface area contributed by atoms with E-state index >= 15 is 0 Å². The lowest BCUT2D eigenvalue weighted by Gasteiger charge is -2.30. The Morgan fingerprint density at radius 3 is 2.88 bits per heavy atom. The molecule has 2 aliphatic heterocycles. The fourth-order valence-corrected chi connectivity index (χ4v) is 3.14. The maximum absolute atomic E-state index is 14.3. The van der Waals surface area contributed by atoms with Crippen LogP contribution in [0.3, 0.4) is 0 Å². The van der Waals surface area contributed by atoms with Crippen molar-refractivity contribution in [2.45, 2.75) is 6.04 Å². The monoisotopic (exact) mass is 382 g/mol. The zero-order chi connectivity index (χ0) is 17.4. The molecule has 0 aliphatic carbocycles. The van der Waals surface area contributed by atoms with Crippen molar-refractivity contribution in [3.05, 3.63) is 29.8 Å². The Hall–Kier alpha value is -2.23. The molecule has 0 radical (unpaired) electrons. The van der Waals surface area contributed by atoms with E-state index in [9.17, 15) is 9.18 Å². The number of benzene rings is 1. The Kier molecular flexibility index (Phi) is 5.40. The van der Waals surface area contributed by atoms with E-state index in [0.717, 1.165) is 13.1 Å². The van der Waals surface area contributed by atoms with E-state index < -0.39 is 5.82 Å². The van der Waals surface area contributed by atoms with Gasteiger partial charge in [0.05, 0.1) is 11.6 Å². The van der Waals surface area contributed by atoms with Gasteiger partial charge in [-0.2, -0.15) is 4.98 Å². The van der Waals surface area contributed by atoms with Crippen LogP contribution in [0.4, 0.5) is 14.9 Å². The van der Waals surface area contributed by atoms with Crippen molar-refractivity contribution < 1.29 is 13.7 Å². The molecule has 2 saturated heterocycles. The lowest BCUT2D eigenvalue weighted by molar-refractivity contribution is 0.190. The first-order valence-electron chi connectivity index (χ1n) is 8.23. The van der Waals surface area contributed by atoms with Crippen molar-refractivity contribution in [2.75, 3.05) is 44.7 Å². The van der Waals surface area contributed by atoms with E-state index in [1.807, 2.05) is 7.05 Å². The van der Waals surface area contributed by atoms with Gasteiger partial charge in [-0.3, -0.25) is 9.80 Å². The summed E-state index contributed by atoms with van der Waals surface area (Å²) in [6.45, 7) is 3.61. The topological polar surface area (TPSA) is 86.5 Å². The molecule has 10 heteroatoms. The Morgan fingerprint density at radius 2 is 2.15 bits per heavy atom. The van der Waals surface area contributed by atoms with Gasteiger partial charge in [0.15, 0.2) is 5.82 Å². The van der Waals surface area contributed by atoms with Crippen LogP contribution >= 0.6 is 12.4 Å². The lowest BCUT2D eigenvalue weighted by Crippen LogP contribution is -2.44. The van der Waals surface area contributed by atoms with E-state index in [2.05, 4.69) is 25.7 Å². The highest BCUT2D eigenvalue weighted by Gasteiger charge is 2.27. The molecule has 3 heterocycles. The number of likely N-dealkylation sites (N-methyl/N-ethyl adjacent to an activating group) is 1. The number of aromatic nitrogens is 2. The standard InChI is InChI=1S/C16H19FN6O2.ClH/c1-22-6-4-18-9-13(22)14-20-15(25-21-14)11-8-10(2-3-12(11)17)23-7-5-19-16(23)24;/h2-3,8,13,18H,4-7,9H2,1H3,(H,19,24);1H. The van der Waals surface area contributed by atoms with Gasteiger partial charge in [-0.25, -0.2) is 9.18 Å². The Balaban J connectivity index is 0.00000196. The molecule has 2 amide bonds. The first kappa shape index (κ1) is 18.6. The number of anilines is 1. The average molecular weight is 383 g/mol. The number of piperazine rings is 1. The minimum atomic E-state index is -0.464. The van der Waals surface area contributed by atoms with Crippen LogP contribution in [0, 0.1) is 5.82 Å². The lowest BCUT2D eigenvalue weighted by atomic mass is 10.1. The quantitative estimate of drug-likeness (QED) is 0.834. The van der Waals surface area contributed by atoms with Gasteiger partial charge >= 0.3 is 6.03 Å². The Labute approximate surface area is 156 Å². The maximum atomic E-state index is 14.3. The summed E-state index contributed by atoms with van der Waals surface area (Å²) < 4.78 is 19.6. The second kappa shape index (κ2) is 7.56. The van der Waals surface area contributed by atoms with E-state index in [0.29, 0.717) is 31.1 Å². The molecule has 0 spiro atoms. The van der Waals surface area contributed by atoms with Crippen LogP contribution in [0.15, 0.2) is 22.7 Å². The highest BCUT2D eigenvalue weighted by Crippen LogP contribution is 2.29. The first-order chi connectivity index (χ1) is 12.1. The van der Waals surface area contributed by atoms with Crippen molar-refractivity contribution >= 4 is 24.1 Å². The van der Waals surface area contributed by atoms with Crippen LogP contribution < -0.4 is 15.5 Å². The Morgan fingerprint density at radius 1 is 1.31 bits per heavy atom. The summed E-state index contributed by atoms with van der Waals surface area (Å²) >= 11 is 0. The second-order valence-electron chi connectivity index (χ2n) is 6.21. The Bertz CT molecular complexity index is 801.